The van der Waals surface area contributed by atoms with E-state index in [0.29, 0.717) is 0 Å². The van der Waals surface area contributed by atoms with Crippen molar-refractivity contribution in [3.8, 4) is 0 Å². The van der Waals surface area contributed by atoms with Gasteiger partial charge < -0.3 is 58.7 Å². The maximum Gasteiger partial charge on any atom is 0.330 e. The second-order valence-corrected chi connectivity index (χ2v) is 16.8. The second-order valence-electron chi connectivity index (χ2n) is 6.17. The minimum atomic E-state index is -6.28. The summed E-state index contributed by atoms with van der Waals surface area (Å²) in [5.74, 6) is 0. The third-order valence-corrected chi connectivity index (χ3v) is 12.3. The van der Waals surface area contributed by atoms with Gasteiger partial charge in [0.05, 0.1) is 43.4 Å². The Morgan fingerprint density at radius 1 is 0.419 bits per heavy atom. The van der Waals surface area contributed by atoms with Gasteiger partial charge >= 0.3 is 45.6 Å². The lowest BCUT2D eigenvalue weighted by Gasteiger charge is -2.38. The molecule has 0 aliphatic heterocycles. The van der Waals surface area contributed by atoms with Crippen molar-refractivity contribution in [2.75, 3.05) is 12.3 Å². The topological polar surface area (TPSA) is 345 Å². The van der Waals surface area contributed by atoms with Crippen LogP contribution in [0, 0.1) is 0 Å². The first-order valence-corrected chi connectivity index (χ1v) is 17.3. The molecule has 0 aromatic rings. The van der Waals surface area contributed by atoms with Crippen molar-refractivity contribution >= 4 is 54.0 Å². The smallest absolute Gasteiger partial charge is 0.324 e. The van der Waals surface area contributed by atoms with E-state index in [2.05, 4.69) is 0 Å². The first kappa shape index (κ1) is 34.1. The molecule has 0 spiro atoms. The van der Waals surface area contributed by atoms with Crippen molar-refractivity contribution in [2.45, 2.75) is 22.6 Å². The molecule has 18 nitrogen and oxygen atoms in total. The Hall–Kier alpha value is 0.965. The Balaban J connectivity index is 0. The molecule has 0 aromatic heterocycles. The van der Waals surface area contributed by atoms with Crippen molar-refractivity contribution in [1.82, 2.24) is 0 Å². The van der Waals surface area contributed by atoms with Gasteiger partial charge in [-0.2, -0.15) is 0 Å². The van der Waals surface area contributed by atoms with Gasteiger partial charge in [0.2, 0.25) is 0 Å². The maximum atomic E-state index is 11.9. The van der Waals surface area contributed by atoms with Crippen LogP contribution in [0.1, 0.15) is 0 Å². The zero-order valence-electron chi connectivity index (χ0n) is 14.2. The summed E-state index contributed by atoms with van der Waals surface area (Å²) in [6.45, 7) is 0. The molecule has 4 unspecified atom stereocenters. The molecule has 0 radical (unpaired) electrons. The number of hydrogen-bond donors (Lipinski definition) is 12. The highest BCUT2D eigenvalue weighted by Crippen LogP contribution is 2.68. The fourth-order valence-corrected chi connectivity index (χ4v) is 14.2. The molecular weight excluding hydrogens is 557 g/mol. The van der Waals surface area contributed by atoms with Gasteiger partial charge in [-0.3, -0.25) is 27.4 Å². The van der Waals surface area contributed by atoms with Crippen LogP contribution in [0.3, 0.4) is 0 Å². The second kappa shape index (κ2) is 10.7. The van der Waals surface area contributed by atoms with E-state index >= 15 is 0 Å². The highest BCUT2D eigenvalue weighted by atomic mass is 31.2. The predicted octanol–water partition coefficient (Wildman–Crippen LogP) is -3.66. The predicted molar refractivity (Wildman–Crippen MR) is 107 cm³/mol. The zero-order valence-corrected chi connectivity index (χ0v) is 19.6. The first-order chi connectivity index (χ1) is 12.7. The van der Waals surface area contributed by atoms with Crippen molar-refractivity contribution in [1.29, 1.82) is 0 Å². The average Bonchev–Trinajstić information content (AvgIpc) is 2.32. The van der Waals surface area contributed by atoms with Crippen LogP contribution in [0.2, 0.25) is 0 Å². The SMILES string of the molecule is B.O=P(O)(O)CC(C(C(C(CP(=O)(O)O)P(=O)(O)O)P(=O)(O)O)P(=O)(O)O)P(=O)(O)O. The molecule has 12 N–H and O–H groups in total. The maximum absolute atomic E-state index is 11.9. The largest absolute Gasteiger partial charge is 0.330 e. The van der Waals surface area contributed by atoms with E-state index in [1.54, 1.807) is 0 Å². The van der Waals surface area contributed by atoms with E-state index < -0.39 is 80.5 Å². The molecule has 0 bridgehead atoms. The Morgan fingerprint density at radius 2 is 0.613 bits per heavy atom. The van der Waals surface area contributed by atoms with Gasteiger partial charge in [-0.1, -0.05) is 0 Å². The van der Waals surface area contributed by atoms with Crippen LogP contribution in [-0.4, -0.2) is 102 Å². The van der Waals surface area contributed by atoms with Gasteiger partial charge in [-0.15, -0.1) is 0 Å². The van der Waals surface area contributed by atoms with Crippen LogP contribution < -0.4 is 0 Å². The minimum absolute atomic E-state index is 0. The molecule has 25 heteroatoms. The Morgan fingerprint density at radius 3 is 0.710 bits per heavy atom. The normalized spacial score (nSPS) is 18.6. The summed E-state index contributed by atoms with van der Waals surface area (Å²) >= 11 is 0. The molecule has 0 saturated carbocycles. The summed E-state index contributed by atoms with van der Waals surface area (Å²) in [7, 11) is -35.9. The van der Waals surface area contributed by atoms with Crippen LogP contribution in [0.5, 0.6) is 0 Å². The molecule has 188 valence electrons. The summed E-state index contributed by atoms with van der Waals surface area (Å²) in [5.41, 5.74) is -13.6. The van der Waals surface area contributed by atoms with Crippen LogP contribution in [-0.2, 0) is 27.4 Å². The van der Waals surface area contributed by atoms with Gasteiger partial charge in [0.15, 0.2) is 0 Å². The molecule has 0 saturated heterocycles. The molecular formula is C6H23BO18P6. The summed E-state index contributed by atoms with van der Waals surface area (Å²) in [5, 5.41) is 0. The third kappa shape index (κ3) is 11.8. The van der Waals surface area contributed by atoms with Crippen molar-refractivity contribution < 1.29 is 86.1 Å². The van der Waals surface area contributed by atoms with Crippen LogP contribution >= 0.6 is 45.6 Å². The molecule has 4 atom stereocenters. The van der Waals surface area contributed by atoms with Crippen molar-refractivity contribution in [3.63, 3.8) is 0 Å². The number of rotatable bonds is 11. The zero-order chi connectivity index (χ0) is 24.7. The minimum Gasteiger partial charge on any atom is -0.324 e. The summed E-state index contributed by atoms with van der Waals surface area (Å²) in [6, 6.07) is 0. The summed E-state index contributed by atoms with van der Waals surface area (Å²) in [4.78, 5) is 111. The van der Waals surface area contributed by atoms with Crippen molar-refractivity contribution in [2.24, 2.45) is 0 Å². The summed E-state index contributed by atoms with van der Waals surface area (Å²) < 4.78 is 69.6. The van der Waals surface area contributed by atoms with Gasteiger partial charge in [0.1, 0.15) is 0 Å². The van der Waals surface area contributed by atoms with Gasteiger partial charge in [0, 0.05) is 0 Å². The average molecular weight is 580 g/mol. The Kier molecular flexibility index (Phi) is 11.8. The van der Waals surface area contributed by atoms with Gasteiger partial charge in [0.25, 0.3) is 0 Å². The molecule has 0 fully saturated rings. The van der Waals surface area contributed by atoms with Gasteiger partial charge in [-0.25, -0.2) is 0 Å². The lowest BCUT2D eigenvalue weighted by molar-refractivity contribution is 0.295. The van der Waals surface area contributed by atoms with Crippen LogP contribution in [0.15, 0.2) is 0 Å². The monoisotopic (exact) mass is 580 g/mol. The van der Waals surface area contributed by atoms with E-state index in [-0.39, 0.29) is 8.41 Å². The molecule has 0 amide bonds. The first-order valence-electron chi connectivity index (χ1n) is 6.98. The molecule has 0 aliphatic carbocycles. The van der Waals surface area contributed by atoms with E-state index in [1.807, 2.05) is 0 Å². The van der Waals surface area contributed by atoms with Crippen LogP contribution in [0.25, 0.3) is 0 Å². The quantitative estimate of drug-likeness (QED) is 0.0827. The Labute approximate surface area is 175 Å². The molecule has 0 aliphatic rings. The lowest BCUT2D eigenvalue weighted by Crippen LogP contribution is -2.46. The number of hydrogen-bond acceptors (Lipinski definition) is 6. The Bertz CT molecular complexity index is 821. The molecule has 0 heterocycles. The van der Waals surface area contributed by atoms with E-state index in [1.165, 1.54) is 0 Å². The molecule has 0 rings (SSSR count). The molecule has 0 aromatic carbocycles. The fraction of sp³-hybridized carbons (Fsp3) is 1.00. The lowest BCUT2D eigenvalue weighted by atomic mass is 10.2. The highest BCUT2D eigenvalue weighted by molar-refractivity contribution is 7.62. The van der Waals surface area contributed by atoms with E-state index in [9.17, 15) is 66.5 Å². The van der Waals surface area contributed by atoms with Crippen LogP contribution in [0.4, 0.5) is 0 Å². The third-order valence-electron chi connectivity index (χ3n) is 3.63. The fourth-order valence-electron chi connectivity index (χ4n) is 2.62. The van der Waals surface area contributed by atoms with E-state index in [0.717, 1.165) is 0 Å². The van der Waals surface area contributed by atoms with Gasteiger partial charge in [-0.05, 0) is 0 Å². The standard InChI is InChI=1S/C6H20O18P6.BH3/c7-25(8,9)1-3(27(13,14)15)5(29(19,20)21)6(30(22,23)24)4(28(16,17)18)2-26(10,11)12;/h3-6H,1-2H2,(H2,7,8,9)(H2,10,11,12)(H2,13,14,15)(H2,16,17,18)(H2,19,20,21)(H2,22,23,24);1H3. The highest BCUT2D eigenvalue weighted by Gasteiger charge is 2.61. The summed E-state index contributed by atoms with van der Waals surface area (Å²) in [6.07, 6.45) is -4.18. The molecule has 31 heavy (non-hydrogen) atoms. The van der Waals surface area contributed by atoms with Crippen molar-refractivity contribution in [3.05, 3.63) is 0 Å². The van der Waals surface area contributed by atoms with E-state index in [4.69, 9.17) is 19.6 Å².